The molecule has 1 aromatic rings. The molecule has 0 bridgehead atoms. The number of carbonyl (C=O) groups excluding carboxylic acids is 1. The minimum atomic E-state index is -3.78. The standard InChI is InChI=1S/C10H15N3O4S2/c1-2-17-10(14)8-5-11-12-9(8)19(15,16)13-7-3-4-18-6-7/h5,7,13H,2-4,6H2,1H3,(H,11,12). The summed E-state index contributed by atoms with van der Waals surface area (Å²) in [6.45, 7) is 1.83. The second-order valence-electron chi connectivity index (χ2n) is 4.02. The maximum atomic E-state index is 12.2. The predicted octanol–water partition coefficient (Wildman–Crippen LogP) is 0.370. The van der Waals surface area contributed by atoms with E-state index in [9.17, 15) is 13.2 Å². The van der Waals surface area contributed by atoms with Gasteiger partial charge in [0.05, 0.1) is 12.8 Å². The Kier molecular flexibility index (Phi) is 4.48. The molecule has 2 N–H and O–H groups in total. The van der Waals surface area contributed by atoms with Crippen LogP contribution in [0.1, 0.15) is 23.7 Å². The highest BCUT2D eigenvalue weighted by Crippen LogP contribution is 2.20. The van der Waals surface area contributed by atoms with Gasteiger partial charge in [-0.25, -0.2) is 17.9 Å². The number of thioether (sulfide) groups is 1. The molecular formula is C10H15N3O4S2. The van der Waals surface area contributed by atoms with Crippen LogP contribution >= 0.6 is 11.8 Å². The van der Waals surface area contributed by atoms with Crippen LogP contribution in [0.4, 0.5) is 0 Å². The topological polar surface area (TPSA) is 101 Å². The fraction of sp³-hybridized carbons (Fsp3) is 0.600. The molecule has 0 radical (unpaired) electrons. The highest BCUT2D eigenvalue weighted by molar-refractivity contribution is 7.99. The van der Waals surface area contributed by atoms with Gasteiger partial charge in [0.25, 0.3) is 10.0 Å². The zero-order chi connectivity index (χ0) is 13.9. The second-order valence-corrected chi connectivity index (χ2v) is 6.82. The maximum Gasteiger partial charge on any atom is 0.342 e. The number of rotatable bonds is 5. The van der Waals surface area contributed by atoms with Crippen molar-refractivity contribution >= 4 is 27.8 Å². The van der Waals surface area contributed by atoms with Crippen molar-refractivity contribution in [1.82, 2.24) is 14.9 Å². The fourth-order valence-electron chi connectivity index (χ4n) is 1.74. The molecule has 1 unspecified atom stereocenters. The van der Waals surface area contributed by atoms with Crippen LogP contribution < -0.4 is 4.72 Å². The number of sulfonamides is 1. The summed E-state index contributed by atoms with van der Waals surface area (Å²) in [5, 5.41) is 5.73. The minimum Gasteiger partial charge on any atom is -0.462 e. The Morgan fingerprint density at radius 3 is 3.11 bits per heavy atom. The van der Waals surface area contributed by atoms with Gasteiger partial charge < -0.3 is 4.74 Å². The number of nitrogens with zero attached hydrogens (tertiary/aromatic N) is 1. The molecule has 19 heavy (non-hydrogen) atoms. The number of nitrogens with one attached hydrogen (secondary N) is 2. The summed E-state index contributed by atoms with van der Waals surface area (Å²) < 4.78 is 31.7. The SMILES string of the molecule is CCOC(=O)c1cn[nH]c1S(=O)(=O)NC1CCSC1. The molecule has 7 nitrogen and oxygen atoms in total. The summed E-state index contributed by atoms with van der Waals surface area (Å²) in [6.07, 6.45) is 1.95. The smallest absolute Gasteiger partial charge is 0.342 e. The van der Waals surface area contributed by atoms with Gasteiger partial charge in [-0.3, -0.25) is 5.10 Å². The number of esters is 1. The molecule has 2 rings (SSSR count). The van der Waals surface area contributed by atoms with Crippen LogP contribution in [0.15, 0.2) is 11.2 Å². The Hall–Kier alpha value is -1.06. The second kappa shape index (κ2) is 5.93. The van der Waals surface area contributed by atoms with Crippen molar-refractivity contribution < 1.29 is 17.9 Å². The average molecular weight is 305 g/mol. The predicted molar refractivity (Wildman–Crippen MR) is 70.6 cm³/mol. The van der Waals surface area contributed by atoms with E-state index in [0.717, 1.165) is 24.1 Å². The Labute approximate surface area is 115 Å². The maximum absolute atomic E-state index is 12.2. The van der Waals surface area contributed by atoms with Crippen molar-refractivity contribution in [2.24, 2.45) is 0 Å². The number of ether oxygens (including phenoxy) is 1. The zero-order valence-electron chi connectivity index (χ0n) is 10.4. The number of aromatic nitrogens is 2. The van der Waals surface area contributed by atoms with E-state index in [4.69, 9.17) is 4.74 Å². The molecular weight excluding hydrogens is 290 g/mol. The summed E-state index contributed by atoms with van der Waals surface area (Å²) in [5.41, 5.74) is -0.0694. The average Bonchev–Trinajstić information content (AvgIpc) is 2.98. The third kappa shape index (κ3) is 3.28. The van der Waals surface area contributed by atoms with Crippen molar-refractivity contribution in [1.29, 1.82) is 0 Å². The van der Waals surface area contributed by atoms with Gasteiger partial charge in [-0.05, 0) is 19.1 Å². The molecule has 1 atom stereocenters. The van der Waals surface area contributed by atoms with E-state index in [1.165, 1.54) is 0 Å². The lowest BCUT2D eigenvalue weighted by Crippen LogP contribution is -2.35. The number of carbonyl (C=O) groups is 1. The molecule has 0 aromatic carbocycles. The molecule has 1 saturated heterocycles. The molecule has 1 aliphatic rings. The van der Waals surface area contributed by atoms with Gasteiger partial charge >= 0.3 is 5.97 Å². The van der Waals surface area contributed by atoms with E-state index in [0.29, 0.717) is 0 Å². The van der Waals surface area contributed by atoms with Crippen LogP contribution in [0.25, 0.3) is 0 Å². The van der Waals surface area contributed by atoms with Crippen molar-refractivity contribution in [3.05, 3.63) is 11.8 Å². The largest absolute Gasteiger partial charge is 0.462 e. The molecule has 0 spiro atoms. The zero-order valence-corrected chi connectivity index (χ0v) is 12.0. The number of hydrogen-bond donors (Lipinski definition) is 2. The van der Waals surface area contributed by atoms with Crippen LogP contribution in [0.2, 0.25) is 0 Å². The normalized spacial score (nSPS) is 19.5. The molecule has 1 aliphatic heterocycles. The molecule has 0 amide bonds. The Morgan fingerprint density at radius 2 is 2.47 bits per heavy atom. The minimum absolute atomic E-state index is 0.0694. The van der Waals surface area contributed by atoms with E-state index in [1.807, 2.05) is 0 Å². The third-order valence-corrected chi connectivity index (χ3v) is 5.27. The Bertz CT molecular complexity index is 549. The number of aromatic amines is 1. The number of H-pyrrole nitrogens is 1. The van der Waals surface area contributed by atoms with Crippen LogP contribution in [-0.4, -0.2) is 48.7 Å². The number of hydrogen-bond acceptors (Lipinski definition) is 6. The first-order valence-electron chi connectivity index (χ1n) is 5.85. The van der Waals surface area contributed by atoms with Crippen LogP contribution in [0.5, 0.6) is 0 Å². The summed E-state index contributed by atoms with van der Waals surface area (Å²) in [4.78, 5) is 11.6. The highest BCUT2D eigenvalue weighted by atomic mass is 32.2. The monoisotopic (exact) mass is 305 g/mol. The molecule has 106 valence electrons. The molecule has 1 fully saturated rings. The van der Waals surface area contributed by atoms with Gasteiger partial charge in [-0.1, -0.05) is 0 Å². The molecule has 1 aromatic heterocycles. The van der Waals surface area contributed by atoms with Crippen LogP contribution in [-0.2, 0) is 14.8 Å². The molecule has 0 saturated carbocycles. The quantitative estimate of drug-likeness (QED) is 0.762. The first-order valence-corrected chi connectivity index (χ1v) is 8.49. The van der Waals surface area contributed by atoms with Crippen molar-refractivity contribution in [2.75, 3.05) is 18.1 Å². The van der Waals surface area contributed by atoms with Crippen LogP contribution in [0, 0.1) is 0 Å². The molecule has 2 heterocycles. The van der Waals surface area contributed by atoms with Crippen molar-refractivity contribution in [2.45, 2.75) is 24.4 Å². The lowest BCUT2D eigenvalue weighted by molar-refractivity contribution is 0.0522. The Morgan fingerprint density at radius 1 is 1.68 bits per heavy atom. The Balaban J connectivity index is 2.20. The van der Waals surface area contributed by atoms with Crippen molar-refractivity contribution in [3.63, 3.8) is 0 Å². The van der Waals surface area contributed by atoms with Crippen molar-refractivity contribution in [3.8, 4) is 0 Å². The van der Waals surface area contributed by atoms with Gasteiger partial charge in [0, 0.05) is 11.8 Å². The summed E-state index contributed by atoms with van der Waals surface area (Å²) in [7, 11) is -3.78. The van der Waals surface area contributed by atoms with Gasteiger partial charge in [0.15, 0.2) is 5.03 Å². The lowest BCUT2D eigenvalue weighted by atomic mass is 10.3. The summed E-state index contributed by atoms with van der Waals surface area (Å²) in [5.74, 6) is 0.973. The first kappa shape index (κ1) is 14.4. The first-order chi connectivity index (χ1) is 9.04. The van der Waals surface area contributed by atoms with E-state index >= 15 is 0 Å². The van der Waals surface area contributed by atoms with E-state index in [-0.39, 0.29) is 23.2 Å². The van der Waals surface area contributed by atoms with E-state index < -0.39 is 16.0 Å². The molecule has 0 aliphatic carbocycles. The highest BCUT2D eigenvalue weighted by Gasteiger charge is 2.29. The van der Waals surface area contributed by atoms with Gasteiger partial charge in [-0.15, -0.1) is 0 Å². The van der Waals surface area contributed by atoms with E-state index in [1.54, 1.807) is 18.7 Å². The lowest BCUT2D eigenvalue weighted by Gasteiger charge is -2.11. The third-order valence-electron chi connectivity index (χ3n) is 2.62. The van der Waals surface area contributed by atoms with Gasteiger partial charge in [0.1, 0.15) is 5.56 Å². The summed E-state index contributed by atoms with van der Waals surface area (Å²) >= 11 is 1.69. The van der Waals surface area contributed by atoms with E-state index in [2.05, 4.69) is 14.9 Å². The fourth-order valence-corrected chi connectivity index (χ4v) is 4.35. The molecule has 9 heteroatoms. The summed E-state index contributed by atoms with van der Waals surface area (Å²) in [6, 6.07) is -0.103. The van der Waals surface area contributed by atoms with Gasteiger partial charge in [-0.2, -0.15) is 16.9 Å². The van der Waals surface area contributed by atoms with Crippen LogP contribution in [0.3, 0.4) is 0 Å². The van der Waals surface area contributed by atoms with Gasteiger partial charge in [0.2, 0.25) is 0 Å².